The van der Waals surface area contributed by atoms with Gasteiger partial charge in [0.1, 0.15) is 0 Å². The highest BCUT2D eigenvalue weighted by atomic mass is 16.1. The highest BCUT2D eigenvalue weighted by molar-refractivity contribution is 5.95. The molecule has 0 atom stereocenters. The lowest BCUT2D eigenvalue weighted by atomic mass is 10.1. The predicted molar refractivity (Wildman–Crippen MR) is 110 cm³/mol. The van der Waals surface area contributed by atoms with Gasteiger partial charge in [-0.3, -0.25) is 9.48 Å². The van der Waals surface area contributed by atoms with Gasteiger partial charge in [0.05, 0.1) is 24.0 Å². The van der Waals surface area contributed by atoms with Crippen LogP contribution in [0.3, 0.4) is 0 Å². The van der Waals surface area contributed by atoms with Crippen LogP contribution in [0.15, 0.2) is 73.3 Å². The molecule has 0 fully saturated rings. The lowest BCUT2D eigenvalue weighted by Crippen LogP contribution is -2.24. The Bertz CT molecular complexity index is 1090. The molecule has 3 heterocycles. The number of amides is 1. The largest absolute Gasteiger partial charge is 0.348 e. The number of benzene rings is 1. The van der Waals surface area contributed by atoms with Crippen molar-refractivity contribution >= 4 is 5.91 Å². The van der Waals surface area contributed by atoms with Gasteiger partial charge >= 0.3 is 0 Å². The Morgan fingerprint density at radius 2 is 1.90 bits per heavy atom. The molecule has 1 amide bonds. The minimum atomic E-state index is -0.126. The molecule has 0 unspecified atom stereocenters. The highest BCUT2D eigenvalue weighted by Gasteiger charge is 2.16. The Hall–Kier alpha value is -3.74. The molecule has 0 radical (unpaired) electrons. The van der Waals surface area contributed by atoms with Gasteiger partial charge < -0.3 is 5.32 Å². The number of carbonyl (C=O) groups is 1. The summed E-state index contributed by atoms with van der Waals surface area (Å²) in [7, 11) is 0. The zero-order valence-electron chi connectivity index (χ0n) is 16.2. The quantitative estimate of drug-likeness (QED) is 0.530. The first-order valence-electron chi connectivity index (χ1n) is 9.56. The van der Waals surface area contributed by atoms with Crippen molar-refractivity contribution in [1.82, 2.24) is 29.9 Å². The molecule has 0 spiro atoms. The summed E-state index contributed by atoms with van der Waals surface area (Å²) in [4.78, 5) is 17.1. The van der Waals surface area contributed by atoms with Gasteiger partial charge in [-0.1, -0.05) is 37.3 Å². The van der Waals surface area contributed by atoms with Gasteiger partial charge in [0.15, 0.2) is 5.82 Å². The van der Waals surface area contributed by atoms with Crippen LogP contribution in [0.1, 0.15) is 34.1 Å². The highest BCUT2D eigenvalue weighted by Crippen LogP contribution is 2.13. The van der Waals surface area contributed by atoms with E-state index >= 15 is 0 Å². The van der Waals surface area contributed by atoms with Crippen molar-refractivity contribution in [2.45, 2.75) is 26.4 Å². The van der Waals surface area contributed by atoms with E-state index in [0.29, 0.717) is 24.5 Å². The van der Waals surface area contributed by atoms with Crippen molar-refractivity contribution in [3.63, 3.8) is 0 Å². The molecule has 29 heavy (non-hydrogen) atoms. The Morgan fingerprint density at radius 3 is 2.66 bits per heavy atom. The number of hydrogen-bond donors (Lipinski definition) is 1. The van der Waals surface area contributed by atoms with E-state index in [4.69, 9.17) is 0 Å². The van der Waals surface area contributed by atoms with Crippen LogP contribution in [0.2, 0.25) is 0 Å². The van der Waals surface area contributed by atoms with Crippen LogP contribution in [-0.4, -0.2) is 30.5 Å². The molecule has 0 aliphatic heterocycles. The van der Waals surface area contributed by atoms with Crippen LogP contribution in [0.4, 0.5) is 0 Å². The topological polar surface area (TPSA) is 77.6 Å². The summed E-state index contributed by atoms with van der Waals surface area (Å²) in [6.07, 6.45) is 7.63. The van der Waals surface area contributed by atoms with Gasteiger partial charge in [0, 0.05) is 25.1 Å². The van der Waals surface area contributed by atoms with Crippen molar-refractivity contribution < 1.29 is 4.79 Å². The van der Waals surface area contributed by atoms with Gasteiger partial charge in [-0.25, -0.2) is 9.67 Å². The molecule has 0 aliphatic rings. The predicted octanol–water partition coefficient (Wildman–Crippen LogP) is 3.00. The SMILES string of the molecule is CCc1c(C(=O)NCc2ccnc(-n3cccn3)c2)cnn1Cc1ccccc1. The molecule has 4 rings (SSSR count). The number of carbonyl (C=O) groups excluding carboxylic acids is 1. The van der Waals surface area contributed by atoms with Gasteiger partial charge in [0.2, 0.25) is 0 Å². The van der Waals surface area contributed by atoms with Crippen molar-refractivity contribution in [1.29, 1.82) is 0 Å². The standard InChI is InChI=1S/C22H22N6O/c1-2-20-19(15-26-28(20)16-17-7-4-3-5-8-17)22(29)24-14-18-9-11-23-21(13-18)27-12-6-10-25-27/h3-13,15H,2,14,16H2,1H3,(H,24,29). The van der Waals surface area contributed by atoms with E-state index in [-0.39, 0.29) is 5.91 Å². The van der Waals surface area contributed by atoms with E-state index in [0.717, 1.165) is 23.2 Å². The second-order valence-electron chi connectivity index (χ2n) is 6.66. The zero-order chi connectivity index (χ0) is 20.1. The van der Waals surface area contributed by atoms with Crippen LogP contribution in [0.5, 0.6) is 0 Å². The lowest BCUT2D eigenvalue weighted by Gasteiger charge is -2.09. The molecule has 1 N–H and O–H groups in total. The molecule has 1 aromatic carbocycles. The fourth-order valence-corrected chi connectivity index (χ4v) is 3.24. The maximum atomic E-state index is 12.8. The van der Waals surface area contributed by atoms with Crippen LogP contribution in [0.25, 0.3) is 5.82 Å². The number of rotatable bonds is 7. The lowest BCUT2D eigenvalue weighted by molar-refractivity contribution is 0.0950. The van der Waals surface area contributed by atoms with E-state index in [1.165, 1.54) is 0 Å². The minimum Gasteiger partial charge on any atom is -0.348 e. The second kappa shape index (κ2) is 8.52. The van der Waals surface area contributed by atoms with Crippen LogP contribution < -0.4 is 5.32 Å². The second-order valence-corrected chi connectivity index (χ2v) is 6.66. The van der Waals surface area contributed by atoms with E-state index < -0.39 is 0 Å². The summed E-state index contributed by atoms with van der Waals surface area (Å²) in [5, 5.41) is 11.6. The van der Waals surface area contributed by atoms with Crippen LogP contribution in [0, 0.1) is 0 Å². The average molecular weight is 386 g/mol. The third-order valence-corrected chi connectivity index (χ3v) is 4.71. The fourth-order valence-electron chi connectivity index (χ4n) is 3.24. The summed E-state index contributed by atoms with van der Waals surface area (Å²) in [6, 6.07) is 15.7. The molecule has 0 saturated heterocycles. The third kappa shape index (κ3) is 4.24. The molecule has 7 heteroatoms. The number of aromatic nitrogens is 5. The Balaban J connectivity index is 1.46. The molecule has 0 saturated carbocycles. The summed E-state index contributed by atoms with van der Waals surface area (Å²) in [6.45, 7) is 3.09. The number of pyridine rings is 1. The number of nitrogens with zero attached hydrogens (tertiary/aromatic N) is 5. The van der Waals surface area contributed by atoms with Gasteiger partial charge in [-0.15, -0.1) is 0 Å². The summed E-state index contributed by atoms with van der Waals surface area (Å²) >= 11 is 0. The van der Waals surface area contributed by atoms with Gasteiger partial charge in [-0.05, 0) is 35.7 Å². The van der Waals surface area contributed by atoms with E-state index in [1.54, 1.807) is 23.3 Å². The fraction of sp³-hybridized carbons (Fsp3) is 0.182. The monoisotopic (exact) mass is 386 g/mol. The normalized spacial score (nSPS) is 10.8. The maximum Gasteiger partial charge on any atom is 0.255 e. The van der Waals surface area contributed by atoms with Crippen LogP contribution in [-0.2, 0) is 19.5 Å². The molecular weight excluding hydrogens is 364 g/mol. The first-order valence-corrected chi connectivity index (χ1v) is 9.56. The smallest absolute Gasteiger partial charge is 0.255 e. The van der Waals surface area contributed by atoms with E-state index in [9.17, 15) is 4.79 Å². The minimum absolute atomic E-state index is 0.126. The first-order chi connectivity index (χ1) is 14.2. The molecule has 3 aromatic heterocycles. The van der Waals surface area contributed by atoms with Crippen molar-refractivity contribution in [3.8, 4) is 5.82 Å². The summed E-state index contributed by atoms with van der Waals surface area (Å²) in [5.74, 6) is 0.588. The number of nitrogens with one attached hydrogen (secondary N) is 1. The summed E-state index contributed by atoms with van der Waals surface area (Å²) in [5.41, 5.74) is 3.65. The Morgan fingerprint density at radius 1 is 1.03 bits per heavy atom. The van der Waals surface area contributed by atoms with Crippen molar-refractivity contribution in [2.75, 3.05) is 0 Å². The van der Waals surface area contributed by atoms with Gasteiger partial charge in [-0.2, -0.15) is 10.2 Å². The molecule has 0 aliphatic carbocycles. The first kappa shape index (κ1) is 18.6. The van der Waals surface area contributed by atoms with Crippen molar-refractivity contribution in [2.24, 2.45) is 0 Å². The summed E-state index contributed by atoms with van der Waals surface area (Å²) < 4.78 is 3.58. The van der Waals surface area contributed by atoms with Crippen LogP contribution >= 0.6 is 0 Å². The molecule has 7 nitrogen and oxygen atoms in total. The Labute approximate surface area is 169 Å². The van der Waals surface area contributed by atoms with Crippen molar-refractivity contribution in [3.05, 3.63) is 95.7 Å². The zero-order valence-corrected chi connectivity index (χ0v) is 16.2. The molecule has 4 aromatic rings. The third-order valence-electron chi connectivity index (χ3n) is 4.71. The van der Waals surface area contributed by atoms with E-state index in [1.807, 2.05) is 54.2 Å². The molecular formula is C22H22N6O. The maximum absolute atomic E-state index is 12.8. The number of hydrogen-bond acceptors (Lipinski definition) is 4. The molecule has 0 bridgehead atoms. The Kier molecular flexibility index (Phi) is 5.47. The molecule has 146 valence electrons. The van der Waals surface area contributed by atoms with E-state index in [2.05, 4.69) is 32.6 Å². The average Bonchev–Trinajstić information content (AvgIpc) is 3.43. The van der Waals surface area contributed by atoms with Gasteiger partial charge in [0.25, 0.3) is 5.91 Å².